The lowest BCUT2D eigenvalue weighted by Gasteiger charge is -2.48. The quantitative estimate of drug-likeness (QED) is 0.642. The minimum Gasteiger partial charge on any atom is -0.494 e. The third-order valence-corrected chi connectivity index (χ3v) is 5.33. The number of para-hydroxylation sites is 1. The number of carbonyl (C=O) groups is 1. The van der Waals surface area contributed by atoms with Gasteiger partial charge in [0.2, 0.25) is 0 Å². The van der Waals surface area contributed by atoms with E-state index in [0.717, 1.165) is 42.9 Å². The summed E-state index contributed by atoms with van der Waals surface area (Å²) in [6.45, 7) is 5.96. The van der Waals surface area contributed by atoms with E-state index < -0.39 is 5.66 Å². The minimum atomic E-state index is -0.619. The van der Waals surface area contributed by atoms with Crippen molar-refractivity contribution in [2.24, 2.45) is 0 Å². The van der Waals surface area contributed by atoms with Gasteiger partial charge in [0, 0.05) is 19.3 Å². The number of carbonyl (C=O) groups excluding carboxylic acids is 1. The first-order valence-electron chi connectivity index (χ1n) is 10.1. The van der Waals surface area contributed by atoms with Gasteiger partial charge in [-0.05, 0) is 42.7 Å². The van der Waals surface area contributed by atoms with Crippen LogP contribution in [-0.2, 0) is 10.4 Å². The van der Waals surface area contributed by atoms with Crippen LogP contribution in [0.1, 0.15) is 49.0 Å². The highest BCUT2D eigenvalue weighted by molar-refractivity contribution is 6.02. The van der Waals surface area contributed by atoms with Crippen LogP contribution in [0, 0.1) is 0 Å². The molecular weight excluding hydrogens is 352 g/mol. The summed E-state index contributed by atoms with van der Waals surface area (Å²) in [4.78, 5) is 15.2. The van der Waals surface area contributed by atoms with E-state index in [0.29, 0.717) is 18.7 Å². The molecule has 1 unspecified atom stereocenters. The second kappa shape index (κ2) is 9.11. The molecule has 0 aromatic heterocycles. The molecule has 1 N–H and O–H groups in total. The third kappa shape index (κ3) is 3.85. The average Bonchev–Trinajstić information content (AvgIpc) is 2.73. The number of unbranched alkanes of at least 4 members (excludes halogenated alkanes) is 1. The van der Waals surface area contributed by atoms with Crippen molar-refractivity contribution in [2.45, 2.75) is 38.8 Å². The Balaban J connectivity index is 1.97. The van der Waals surface area contributed by atoms with Gasteiger partial charge in [0.25, 0.3) is 5.91 Å². The van der Waals surface area contributed by atoms with Gasteiger partial charge in [-0.15, -0.1) is 0 Å². The van der Waals surface area contributed by atoms with E-state index >= 15 is 0 Å². The van der Waals surface area contributed by atoms with Crippen molar-refractivity contribution in [1.29, 1.82) is 0 Å². The van der Waals surface area contributed by atoms with Gasteiger partial charge in [0.05, 0.1) is 18.8 Å². The molecule has 1 aliphatic heterocycles. The molecule has 1 aliphatic rings. The zero-order chi connectivity index (χ0) is 20.0. The van der Waals surface area contributed by atoms with Crippen molar-refractivity contribution in [3.8, 4) is 5.75 Å². The lowest BCUT2D eigenvalue weighted by molar-refractivity contribution is 0.0381. The molecule has 1 heterocycles. The second-order valence-corrected chi connectivity index (χ2v) is 7.06. The van der Waals surface area contributed by atoms with Crippen molar-refractivity contribution < 1.29 is 14.3 Å². The summed E-state index contributed by atoms with van der Waals surface area (Å²) in [5, 5.41) is 3.65. The Bertz CT molecular complexity index is 791. The molecule has 2 aromatic rings. The number of hydrogen-bond acceptors (Lipinski definition) is 4. The topological polar surface area (TPSA) is 50.8 Å². The van der Waals surface area contributed by atoms with Crippen LogP contribution in [0.3, 0.4) is 0 Å². The molecule has 1 atom stereocenters. The summed E-state index contributed by atoms with van der Waals surface area (Å²) in [6.07, 6.45) is 2.88. The summed E-state index contributed by atoms with van der Waals surface area (Å²) < 4.78 is 11.1. The van der Waals surface area contributed by atoms with Crippen LogP contribution in [0.5, 0.6) is 5.75 Å². The highest BCUT2D eigenvalue weighted by Crippen LogP contribution is 2.40. The fraction of sp³-hybridized carbons (Fsp3) is 0.435. The minimum absolute atomic E-state index is 0.0246. The fourth-order valence-electron chi connectivity index (χ4n) is 3.74. The van der Waals surface area contributed by atoms with Gasteiger partial charge in [-0.3, -0.25) is 4.79 Å². The van der Waals surface area contributed by atoms with Gasteiger partial charge in [-0.2, -0.15) is 0 Å². The molecule has 0 aliphatic carbocycles. The molecule has 2 aromatic carbocycles. The van der Waals surface area contributed by atoms with Crippen LogP contribution in [0.15, 0.2) is 48.5 Å². The van der Waals surface area contributed by atoms with Crippen LogP contribution in [-0.4, -0.2) is 37.7 Å². The second-order valence-electron chi connectivity index (χ2n) is 7.06. The van der Waals surface area contributed by atoms with E-state index in [1.165, 1.54) is 0 Å². The molecule has 150 valence electrons. The number of ether oxygens (including phenoxy) is 2. The summed E-state index contributed by atoms with van der Waals surface area (Å²) in [6, 6.07) is 15.8. The maximum atomic E-state index is 13.3. The molecule has 0 radical (unpaired) electrons. The molecule has 1 amide bonds. The van der Waals surface area contributed by atoms with Crippen LogP contribution >= 0.6 is 0 Å². The van der Waals surface area contributed by atoms with Gasteiger partial charge in [-0.1, -0.05) is 44.5 Å². The standard InChI is InChI=1S/C23H30N2O3/c1-4-6-16-28-19-13-11-18(12-14-19)23(5-2)24-21-10-8-7-9-20(21)22(26)25(23)15-17-27-3/h7-14,24H,4-6,15-17H2,1-3H3. The molecule has 0 saturated heterocycles. The summed E-state index contributed by atoms with van der Waals surface area (Å²) in [5.41, 5.74) is 1.98. The molecule has 3 rings (SSSR count). The highest BCUT2D eigenvalue weighted by atomic mass is 16.5. The van der Waals surface area contributed by atoms with E-state index in [4.69, 9.17) is 9.47 Å². The van der Waals surface area contributed by atoms with Crippen LogP contribution in [0.25, 0.3) is 0 Å². The van der Waals surface area contributed by atoms with E-state index in [1.54, 1.807) is 7.11 Å². The number of nitrogens with one attached hydrogen (secondary N) is 1. The average molecular weight is 383 g/mol. The van der Waals surface area contributed by atoms with Crippen molar-refractivity contribution >= 4 is 11.6 Å². The first-order chi connectivity index (χ1) is 13.7. The SMILES string of the molecule is CCCCOc1ccc(C2(CC)Nc3ccccc3C(=O)N2CCOC)cc1. The summed E-state index contributed by atoms with van der Waals surface area (Å²) in [7, 11) is 1.66. The predicted molar refractivity (Wildman–Crippen MR) is 112 cm³/mol. The number of amides is 1. The van der Waals surface area contributed by atoms with E-state index in [-0.39, 0.29) is 5.91 Å². The number of benzene rings is 2. The van der Waals surface area contributed by atoms with Crippen molar-refractivity contribution in [3.63, 3.8) is 0 Å². The van der Waals surface area contributed by atoms with Gasteiger partial charge in [-0.25, -0.2) is 0 Å². The first kappa shape index (κ1) is 20.2. The van der Waals surface area contributed by atoms with Crippen molar-refractivity contribution in [1.82, 2.24) is 4.90 Å². The molecule has 0 saturated carbocycles. The molecule has 0 fully saturated rings. The molecule has 5 heteroatoms. The number of nitrogens with zero attached hydrogens (tertiary/aromatic N) is 1. The highest BCUT2D eigenvalue weighted by Gasteiger charge is 2.44. The first-order valence-corrected chi connectivity index (χ1v) is 10.1. The maximum absolute atomic E-state index is 13.3. The zero-order valence-corrected chi connectivity index (χ0v) is 17.0. The Kier molecular flexibility index (Phi) is 6.57. The van der Waals surface area contributed by atoms with E-state index in [1.807, 2.05) is 41.3 Å². The van der Waals surface area contributed by atoms with Crippen LogP contribution in [0.4, 0.5) is 5.69 Å². The number of fused-ring (bicyclic) bond motifs is 1. The smallest absolute Gasteiger partial charge is 0.258 e. The Morgan fingerprint density at radius 1 is 1.04 bits per heavy atom. The number of rotatable bonds is 9. The lowest BCUT2D eigenvalue weighted by Crippen LogP contribution is -2.58. The Labute approximate surface area is 167 Å². The van der Waals surface area contributed by atoms with Crippen molar-refractivity contribution in [3.05, 3.63) is 59.7 Å². The van der Waals surface area contributed by atoms with E-state index in [2.05, 4.69) is 31.3 Å². The van der Waals surface area contributed by atoms with E-state index in [9.17, 15) is 4.79 Å². The normalized spacial score (nSPS) is 18.5. The van der Waals surface area contributed by atoms with Crippen LogP contribution < -0.4 is 10.1 Å². The largest absolute Gasteiger partial charge is 0.494 e. The lowest BCUT2D eigenvalue weighted by atomic mass is 9.89. The Morgan fingerprint density at radius 2 is 1.79 bits per heavy atom. The van der Waals surface area contributed by atoms with Crippen molar-refractivity contribution in [2.75, 3.05) is 32.2 Å². The third-order valence-electron chi connectivity index (χ3n) is 5.33. The number of anilines is 1. The van der Waals surface area contributed by atoms with Gasteiger partial charge < -0.3 is 19.7 Å². The van der Waals surface area contributed by atoms with Crippen LogP contribution in [0.2, 0.25) is 0 Å². The summed E-state index contributed by atoms with van der Waals surface area (Å²) >= 11 is 0. The maximum Gasteiger partial charge on any atom is 0.258 e. The van der Waals surface area contributed by atoms with Gasteiger partial charge >= 0.3 is 0 Å². The Morgan fingerprint density at radius 3 is 2.46 bits per heavy atom. The Hall–Kier alpha value is -2.53. The summed E-state index contributed by atoms with van der Waals surface area (Å²) in [5.74, 6) is 0.881. The molecule has 5 nitrogen and oxygen atoms in total. The monoisotopic (exact) mass is 382 g/mol. The zero-order valence-electron chi connectivity index (χ0n) is 17.0. The predicted octanol–water partition coefficient (Wildman–Crippen LogP) is 4.64. The molecular formula is C23H30N2O3. The molecule has 0 spiro atoms. The molecule has 28 heavy (non-hydrogen) atoms. The van der Waals surface area contributed by atoms with Gasteiger partial charge in [0.15, 0.2) is 0 Å². The number of hydrogen-bond donors (Lipinski definition) is 1. The molecule has 0 bridgehead atoms. The van der Waals surface area contributed by atoms with Gasteiger partial charge in [0.1, 0.15) is 11.4 Å². The number of methoxy groups -OCH3 is 1. The fourth-order valence-corrected chi connectivity index (χ4v) is 3.74.